The summed E-state index contributed by atoms with van der Waals surface area (Å²) in [6.07, 6.45) is 3.54. The van der Waals surface area contributed by atoms with E-state index in [9.17, 15) is 14.0 Å². The Balaban J connectivity index is 2.09. The Labute approximate surface area is 128 Å². The number of benzene rings is 1. The number of amides is 2. The Morgan fingerprint density at radius 1 is 1.09 bits per heavy atom. The summed E-state index contributed by atoms with van der Waals surface area (Å²) in [6, 6.07) is 5.70. The maximum Gasteiger partial charge on any atom is 0.278 e. The van der Waals surface area contributed by atoms with Crippen LogP contribution in [0.1, 0.15) is 18.4 Å². The van der Waals surface area contributed by atoms with Gasteiger partial charge in [-0.3, -0.25) is 14.5 Å². The lowest BCUT2D eigenvalue weighted by Crippen LogP contribution is -2.34. The maximum atomic E-state index is 13.1. The molecule has 0 bridgehead atoms. The number of hydrogen-bond acceptors (Lipinski definition) is 3. The van der Waals surface area contributed by atoms with Crippen LogP contribution in [0, 0.1) is 5.82 Å². The van der Waals surface area contributed by atoms with Crippen LogP contribution in [0.25, 0.3) is 5.57 Å². The van der Waals surface area contributed by atoms with Crippen molar-refractivity contribution in [3.8, 4) is 0 Å². The lowest BCUT2D eigenvalue weighted by Gasteiger charge is -2.19. The van der Waals surface area contributed by atoms with E-state index in [0.29, 0.717) is 16.8 Å². The summed E-state index contributed by atoms with van der Waals surface area (Å²) in [7, 11) is 0. The zero-order valence-corrected chi connectivity index (χ0v) is 12.2. The molecule has 2 aliphatic rings. The highest BCUT2D eigenvalue weighted by atomic mass is 19.1. The summed E-state index contributed by atoms with van der Waals surface area (Å²) in [5.41, 5.74) is 1.39. The molecule has 0 atom stereocenters. The maximum absolute atomic E-state index is 13.1. The number of likely N-dealkylation sites (tertiary alicyclic amines) is 1. The average Bonchev–Trinajstić information content (AvgIpc) is 3.10. The number of carbonyl (C=O) groups is 2. The minimum Gasteiger partial charge on any atom is -0.366 e. The van der Waals surface area contributed by atoms with Crippen molar-refractivity contribution >= 4 is 17.4 Å². The van der Waals surface area contributed by atoms with E-state index in [2.05, 4.69) is 6.58 Å². The predicted octanol–water partition coefficient (Wildman–Crippen LogP) is 2.19. The molecule has 0 spiro atoms. The van der Waals surface area contributed by atoms with E-state index in [1.807, 2.05) is 4.90 Å². The summed E-state index contributed by atoms with van der Waals surface area (Å²) in [4.78, 5) is 28.4. The van der Waals surface area contributed by atoms with Gasteiger partial charge in [0.15, 0.2) is 0 Å². The van der Waals surface area contributed by atoms with Gasteiger partial charge in [0.1, 0.15) is 11.5 Å². The highest BCUT2D eigenvalue weighted by Gasteiger charge is 2.41. The van der Waals surface area contributed by atoms with Crippen LogP contribution in [0.15, 0.2) is 42.6 Å². The molecule has 2 aliphatic heterocycles. The van der Waals surface area contributed by atoms with Crippen LogP contribution >= 0.6 is 0 Å². The SMILES string of the molecule is C=CCN1C(=O)C(c2ccc(F)cc2)=C(N2CCCC2)C1=O. The van der Waals surface area contributed by atoms with E-state index >= 15 is 0 Å². The van der Waals surface area contributed by atoms with Crippen LogP contribution < -0.4 is 0 Å². The standard InChI is InChI=1S/C17H17FN2O2/c1-2-9-20-16(21)14(12-5-7-13(18)8-6-12)15(17(20)22)19-10-3-4-11-19/h2,5-8H,1,3-4,9-11H2. The first-order valence-electron chi connectivity index (χ1n) is 7.35. The number of nitrogens with zero attached hydrogens (tertiary/aromatic N) is 2. The molecule has 0 N–H and O–H groups in total. The molecule has 0 aromatic heterocycles. The Hall–Kier alpha value is -2.43. The van der Waals surface area contributed by atoms with Crippen molar-refractivity contribution in [2.24, 2.45) is 0 Å². The molecule has 0 saturated carbocycles. The molecule has 1 aromatic carbocycles. The van der Waals surface area contributed by atoms with Gasteiger partial charge in [0.2, 0.25) is 0 Å². The Morgan fingerprint density at radius 2 is 1.73 bits per heavy atom. The van der Waals surface area contributed by atoms with Crippen molar-refractivity contribution in [2.75, 3.05) is 19.6 Å². The van der Waals surface area contributed by atoms with E-state index in [1.165, 1.54) is 23.1 Å². The van der Waals surface area contributed by atoms with Gasteiger partial charge in [0.25, 0.3) is 11.8 Å². The van der Waals surface area contributed by atoms with Crippen molar-refractivity contribution in [2.45, 2.75) is 12.8 Å². The van der Waals surface area contributed by atoms with Crippen LogP contribution in [0.5, 0.6) is 0 Å². The normalized spacial score (nSPS) is 18.6. The van der Waals surface area contributed by atoms with Crippen LogP contribution in [0.2, 0.25) is 0 Å². The third-order valence-electron chi connectivity index (χ3n) is 4.01. The molecule has 2 amide bonds. The molecular formula is C17H17FN2O2. The Kier molecular flexibility index (Phi) is 3.79. The first kappa shape index (κ1) is 14.5. The summed E-state index contributed by atoms with van der Waals surface area (Å²) in [5, 5.41) is 0. The van der Waals surface area contributed by atoms with Gasteiger partial charge in [-0.1, -0.05) is 18.2 Å². The minimum atomic E-state index is -0.369. The molecule has 0 aliphatic carbocycles. The summed E-state index contributed by atoms with van der Waals surface area (Å²) in [6.45, 7) is 5.31. The molecule has 0 unspecified atom stereocenters. The van der Waals surface area contributed by atoms with Crippen molar-refractivity contribution in [1.82, 2.24) is 9.80 Å². The number of carbonyl (C=O) groups excluding carboxylic acids is 2. The minimum absolute atomic E-state index is 0.180. The van der Waals surface area contributed by atoms with Crippen LogP contribution in [0.4, 0.5) is 4.39 Å². The van der Waals surface area contributed by atoms with Crippen LogP contribution in [0.3, 0.4) is 0 Å². The molecule has 0 radical (unpaired) electrons. The Morgan fingerprint density at radius 3 is 2.32 bits per heavy atom. The topological polar surface area (TPSA) is 40.6 Å². The van der Waals surface area contributed by atoms with Crippen molar-refractivity contribution < 1.29 is 14.0 Å². The van der Waals surface area contributed by atoms with E-state index in [0.717, 1.165) is 25.9 Å². The monoisotopic (exact) mass is 300 g/mol. The largest absolute Gasteiger partial charge is 0.366 e. The molecule has 3 rings (SSSR count). The van der Waals surface area contributed by atoms with Crippen LogP contribution in [-0.2, 0) is 9.59 Å². The zero-order chi connectivity index (χ0) is 15.7. The second-order valence-corrected chi connectivity index (χ2v) is 5.43. The summed E-state index contributed by atoms with van der Waals surface area (Å²) in [5.74, 6) is -0.990. The second kappa shape index (κ2) is 5.75. The van der Waals surface area contributed by atoms with Crippen molar-refractivity contribution in [3.63, 3.8) is 0 Å². The third-order valence-corrected chi connectivity index (χ3v) is 4.01. The molecule has 1 fully saturated rings. The quantitative estimate of drug-likeness (QED) is 0.632. The smallest absolute Gasteiger partial charge is 0.278 e. The van der Waals surface area contributed by atoms with E-state index < -0.39 is 0 Å². The van der Waals surface area contributed by atoms with Gasteiger partial charge < -0.3 is 4.90 Å². The lowest BCUT2D eigenvalue weighted by atomic mass is 10.0. The molecule has 5 heteroatoms. The number of rotatable bonds is 4. The molecule has 1 aromatic rings. The molecule has 22 heavy (non-hydrogen) atoms. The fourth-order valence-corrected chi connectivity index (χ4v) is 2.97. The van der Waals surface area contributed by atoms with Gasteiger partial charge in [-0.05, 0) is 30.5 Å². The van der Waals surface area contributed by atoms with Gasteiger partial charge in [-0.25, -0.2) is 4.39 Å². The van der Waals surface area contributed by atoms with E-state index in [1.54, 1.807) is 12.1 Å². The average molecular weight is 300 g/mol. The van der Waals surface area contributed by atoms with Gasteiger partial charge >= 0.3 is 0 Å². The third kappa shape index (κ3) is 2.32. The first-order valence-corrected chi connectivity index (χ1v) is 7.35. The van der Waals surface area contributed by atoms with E-state index in [4.69, 9.17) is 0 Å². The number of imide groups is 1. The highest BCUT2D eigenvalue weighted by Crippen LogP contribution is 2.33. The van der Waals surface area contributed by atoms with Gasteiger partial charge in [-0.15, -0.1) is 6.58 Å². The fourth-order valence-electron chi connectivity index (χ4n) is 2.97. The lowest BCUT2D eigenvalue weighted by molar-refractivity contribution is -0.136. The summed E-state index contributed by atoms with van der Waals surface area (Å²) >= 11 is 0. The highest BCUT2D eigenvalue weighted by molar-refractivity contribution is 6.35. The molecule has 1 saturated heterocycles. The first-order chi connectivity index (χ1) is 10.6. The van der Waals surface area contributed by atoms with Crippen LogP contribution in [-0.4, -0.2) is 41.2 Å². The molecule has 4 nitrogen and oxygen atoms in total. The van der Waals surface area contributed by atoms with Gasteiger partial charge in [0.05, 0.1) is 5.57 Å². The second-order valence-electron chi connectivity index (χ2n) is 5.43. The van der Waals surface area contributed by atoms with Gasteiger partial charge in [-0.2, -0.15) is 0 Å². The van der Waals surface area contributed by atoms with Crippen molar-refractivity contribution in [3.05, 3.63) is 54.0 Å². The van der Waals surface area contributed by atoms with Crippen molar-refractivity contribution in [1.29, 1.82) is 0 Å². The molecule has 2 heterocycles. The van der Waals surface area contributed by atoms with Gasteiger partial charge in [0, 0.05) is 19.6 Å². The number of halogens is 1. The van der Waals surface area contributed by atoms with E-state index in [-0.39, 0.29) is 24.2 Å². The molecular weight excluding hydrogens is 283 g/mol. The zero-order valence-electron chi connectivity index (χ0n) is 12.2. The summed E-state index contributed by atoms with van der Waals surface area (Å²) < 4.78 is 13.1. The fraction of sp³-hybridized carbons (Fsp3) is 0.294. The number of hydrogen-bond donors (Lipinski definition) is 0. The predicted molar refractivity (Wildman–Crippen MR) is 81.0 cm³/mol. The molecule has 114 valence electrons. The Bertz CT molecular complexity index is 658.